The molecule has 3 heteroatoms. The lowest BCUT2D eigenvalue weighted by Crippen LogP contribution is -1.96. The SMILES string of the molecule is CCc1ccc2nccc(Nc3cccc(Cl)c3C)c2c1. The molecule has 0 spiro atoms. The second-order valence-electron chi connectivity index (χ2n) is 5.10. The van der Waals surface area contributed by atoms with Gasteiger partial charge < -0.3 is 5.32 Å². The molecular weight excluding hydrogens is 280 g/mol. The second-order valence-corrected chi connectivity index (χ2v) is 5.51. The van der Waals surface area contributed by atoms with Crippen LogP contribution in [-0.2, 0) is 6.42 Å². The first-order valence-corrected chi connectivity index (χ1v) is 7.46. The molecule has 0 radical (unpaired) electrons. The van der Waals surface area contributed by atoms with Crippen molar-refractivity contribution in [2.24, 2.45) is 0 Å². The Morgan fingerprint density at radius 2 is 1.95 bits per heavy atom. The molecule has 0 saturated heterocycles. The van der Waals surface area contributed by atoms with Crippen molar-refractivity contribution < 1.29 is 0 Å². The van der Waals surface area contributed by atoms with Crippen LogP contribution < -0.4 is 5.32 Å². The number of anilines is 2. The quantitative estimate of drug-likeness (QED) is 0.690. The van der Waals surface area contributed by atoms with Crippen LogP contribution in [0.15, 0.2) is 48.7 Å². The Kier molecular flexibility index (Phi) is 3.80. The predicted octanol–water partition coefficient (Wildman–Crippen LogP) is 5.50. The van der Waals surface area contributed by atoms with E-state index in [4.69, 9.17) is 11.6 Å². The fourth-order valence-electron chi connectivity index (χ4n) is 2.41. The van der Waals surface area contributed by atoms with Crippen LogP contribution in [0.2, 0.25) is 5.02 Å². The first-order valence-electron chi connectivity index (χ1n) is 7.09. The Hall–Kier alpha value is -2.06. The lowest BCUT2D eigenvalue weighted by molar-refractivity contribution is 1.14. The highest BCUT2D eigenvalue weighted by Crippen LogP contribution is 2.30. The van der Waals surface area contributed by atoms with E-state index >= 15 is 0 Å². The predicted molar refractivity (Wildman–Crippen MR) is 90.6 cm³/mol. The number of aromatic nitrogens is 1. The van der Waals surface area contributed by atoms with Crippen molar-refractivity contribution in [1.82, 2.24) is 4.98 Å². The van der Waals surface area contributed by atoms with E-state index in [9.17, 15) is 0 Å². The van der Waals surface area contributed by atoms with Gasteiger partial charge in [-0.15, -0.1) is 0 Å². The van der Waals surface area contributed by atoms with E-state index in [0.29, 0.717) is 0 Å². The number of halogens is 1. The Bertz CT molecular complexity index is 796. The van der Waals surface area contributed by atoms with Gasteiger partial charge in [-0.05, 0) is 54.8 Å². The minimum absolute atomic E-state index is 0.771. The van der Waals surface area contributed by atoms with Gasteiger partial charge in [0, 0.05) is 28.0 Å². The summed E-state index contributed by atoms with van der Waals surface area (Å²) in [7, 11) is 0. The molecule has 2 aromatic carbocycles. The maximum absolute atomic E-state index is 6.19. The molecule has 0 atom stereocenters. The van der Waals surface area contributed by atoms with Crippen LogP contribution in [0.4, 0.5) is 11.4 Å². The summed E-state index contributed by atoms with van der Waals surface area (Å²) in [5.74, 6) is 0. The Labute approximate surface area is 129 Å². The monoisotopic (exact) mass is 296 g/mol. The van der Waals surface area contributed by atoms with Gasteiger partial charge in [-0.1, -0.05) is 30.7 Å². The van der Waals surface area contributed by atoms with Gasteiger partial charge in [-0.3, -0.25) is 4.98 Å². The molecular formula is C18H17ClN2. The van der Waals surface area contributed by atoms with Gasteiger partial charge in [0.25, 0.3) is 0 Å². The molecule has 3 aromatic rings. The highest BCUT2D eigenvalue weighted by Gasteiger charge is 2.06. The normalized spacial score (nSPS) is 10.8. The Morgan fingerprint density at radius 3 is 2.76 bits per heavy atom. The highest BCUT2D eigenvalue weighted by atomic mass is 35.5. The second kappa shape index (κ2) is 5.74. The zero-order valence-electron chi connectivity index (χ0n) is 12.2. The van der Waals surface area contributed by atoms with Crippen LogP contribution in [0, 0.1) is 6.92 Å². The van der Waals surface area contributed by atoms with Crippen LogP contribution >= 0.6 is 11.6 Å². The molecule has 21 heavy (non-hydrogen) atoms. The van der Waals surface area contributed by atoms with Crippen molar-refractivity contribution in [2.75, 3.05) is 5.32 Å². The van der Waals surface area contributed by atoms with E-state index in [1.165, 1.54) is 5.56 Å². The number of fused-ring (bicyclic) bond motifs is 1. The van der Waals surface area contributed by atoms with Crippen LogP contribution in [0.3, 0.4) is 0 Å². The molecule has 0 unspecified atom stereocenters. The average Bonchev–Trinajstić information content (AvgIpc) is 2.51. The standard InChI is InChI=1S/C18H17ClN2/c1-3-13-7-8-17-14(11-13)18(9-10-20-17)21-16-6-4-5-15(19)12(16)2/h4-11H,3H2,1-2H3,(H,20,21). The zero-order chi connectivity index (χ0) is 14.8. The molecule has 0 amide bonds. The first-order chi connectivity index (χ1) is 10.2. The molecule has 0 aliphatic rings. The number of benzene rings is 2. The number of hydrogen-bond acceptors (Lipinski definition) is 2. The summed E-state index contributed by atoms with van der Waals surface area (Å²) in [4.78, 5) is 4.43. The van der Waals surface area contributed by atoms with Gasteiger partial charge in [0.15, 0.2) is 0 Å². The Morgan fingerprint density at radius 1 is 1.10 bits per heavy atom. The van der Waals surface area contributed by atoms with Gasteiger partial charge in [0.05, 0.1) is 5.52 Å². The third-order valence-corrected chi connectivity index (χ3v) is 4.16. The maximum Gasteiger partial charge on any atom is 0.0723 e. The van der Waals surface area contributed by atoms with Gasteiger partial charge in [-0.2, -0.15) is 0 Å². The van der Waals surface area contributed by atoms with Crippen LogP contribution in [0.1, 0.15) is 18.1 Å². The lowest BCUT2D eigenvalue weighted by Gasteiger charge is -2.13. The Balaban J connectivity index is 2.09. The summed E-state index contributed by atoms with van der Waals surface area (Å²) in [6.45, 7) is 4.18. The summed E-state index contributed by atoms with van der Waals surface area (Å²) in [6, 6.07) is 14.3. The highest BCUT2D eigenvalue weighted by molar-refractivity contribution is 6.31. The lowest BCUT2D eigenvalue weighted by atomic mass is 10.1. The minimum atomic E-state index is 0.771. The number of nitrogens with one attached hydrogen (secondary N) is 1. The van der Waals surface area contributed by atoms with E-state index in [2.05, 4.69) is 35.4 Å². The molecule has 0 aliphatic carbocycles. The molecule has 0 aliphatic heterocycles. The smallest absolute Gasteiger partial charge is 0.0723 e. The molecule has 0 bridgehead atoms. The summed E-state index contributed by atoms with van der Waals surface area (Å²) in [6.07, 6.45) is 2.84. The molecule has 1 N–H and O–H groups in total. The molecule has 3 rings (SSSR count). The zero-order valence-corrected chi connectivity index (χ0v) is 12.9. The van der Waals surface area contributed by atoms with Crippen molar-refractivity contribution in [1.29, 1.82) is 0 Å². The summed E-state index contributed by atoms with van der Waals surface area (Å²) in [5.41, 5.74) is 5.44. The first kappa shape index (κ1) is 13.9. The van der Waals surface area contributed by atoms with Gasteiger partial charge in [-0.25, -0.2) is 0 Å². The maximum atomic E-state index is 6.19. The number of hydrogen-bond donors (Lipinski definition) is 1. The van der Waals surface area contributed by atoms with Crippen molar-refractivity contribution >= 4 is 33.9 Å². The third-order valence-electron chi connectivity index (χ3n) is 3.75. The van der Waals surface area contributed by atoms with Gasteiger partial charge in [0.2, 0.25) is 0 Å². The van der Waals surface area contributed by atoms with E-state index in [1.54, 1.807) is 0 Å². The van der Waals surface area contributed by atoms with Crippen LogP contribution in [0.25, 0.3) is 10.9 Å². The summed E-state index contributed by atoms with van der Waals surface area (Å²) < 4.78 is 0. The van der Waals surface area contributed by atoms with Crippen LogP contribution in [0.5, 0.6) is 0 Å². The van der Waals surface area contributed by atoms with Crippen molar-refractivity contribution in [2.45, 2.75) is 20.3 Å². The van der Waals surface area contributed by atoms with Gasteiger partial charge >= 0.3 is 0 Å². The number of aryl methyl sites for hydroxylation is 1. The van der Waals surface area contributed by atoms with Crippen LogP contribution in [-0.4, -0.2) is 4.98 Å². The molecule has 0 fully saturated rings. The molecule has 1 aromatic heterocycles. The number of nitrogens with zero attached hydrogens (tertiary/aromatic N) is 1. The van der Waals surface area contributed by atoms with Crippen molar-refractivity contribution in [3.63, 3.8) is 0 Å². The molecule has 1 heterocycles. The van der Waals surface area contributed by atoms with Crippen molar-refractivity contribution in [3.8, 4) is 0 Å². The van der Waals surface area contributed by atoms with E-state index in [1.807, 2.05) is 37.4 Å². The molecule has 106 valence electrons. The fourth-order valence-corrected chi connectivity index (χ4v) is 2.58. The van der Waals surface area contributed by atoms with E-state index in [-0.39, 0.29) is 0 Å². The number of pyridine rings is 1. The van der Waals surface area contributed by atoms with E-state index in [0.717, 1.165) is 39.3 Å². The molecule has 2 nitrogen and oxygen atoms in total. The summed E-state index contributed by atoms with van der Waals surface area (Å²) >= 11 is 6.19. The van der Waals surface area contributed by atoms with E-state index < -0.39 is 0 Å². The number of rotatable bonds is 3. The third kappa shape index (κ3) is 2.72. The van der Waals surface area contributed by atoms with Gasteiger partial charge in [0.1, 0.15) is 0 Å². The minimum Gasteiger partial charge on any atom is -0.355 e. The average molecular weight is 297 g/mol. The summed E-state index contributed by atoms with van der Waals surface area (Å²) in [5, 5.41) is 5.39. The molecule has 0 saturated carbocycles. The van der Waals surface area contributed by atoms with Crippen molar-refractivity contribution in [3.05, 3.63) is 64.8 Å². The largest absolute Gasteiger partial charge is 0.355 e. The topological polar surface area (TPSA) is 24.9 Å². The fraction of sp³-hybridized carbons (Fsp3) is 0.167.